The molecule has 0 saturated heterocycles. The molecule has 1 rings (SSSR count). The number of benzene rings is 1. The van der Waals surface area contributed by atoms with Gasteiger partial charge in [0.2, 0.25) is 0 Å². The monoisotopic (exact) mass is 204 g/mol. The van der Waals surface area contributed by atoms with Crippen LogP contribution >= 0.6 is 0 Å². The highest BCUT2D eigenvalue weighted by atomic mass is 19.1. The van der Waals surface area contributed by atoms with Crippen molar-refractivity contribution < 1.29 is 4.39 Å². The van der Waals surface area contributed by atoms with Crippen molar-refractivity contribution in [3.05, 3.63) is 35.1 Å². The molecule has 1 aromatic rings. The third-order valence-corrected chi connectivity index (χ3v) is 2.09. The molecule has 0 spiro atoms. The fourth-order valence-corrected chi connectivity index (χ4v) is 1.25. The largest absolute Gasteiger partial charge is 0.207 e. The Labute approximate surface area is 91.5 Å². The molecule has 0 fully saturated rings. The van der Waals surface area contributed by atoms with Crippen LogP contribution in [0.15, 0.2) is 18.2 Å². The van der Waals surface area contributed by atoms with Crippen LogP contribution in [0.4, 0.5) is 4.39 Å². The minimum absolute atomic E-state index is 0.200. The quantitative estimate of drug-likeness (QED) is 0.607. The smallest absolute Gasteiger partial charge is 0.124 e. The molecular formula is C14H17F. The maximum atomic E-state index is 13.2. The van der Waals surface area contributed by atoms with Crippen LogP contribution in [0, 0.1) is 23.6 Å². The van der Waals surface area contributed by atoms with Crippen molar-refractivity contribution in [3.8, 4) is 11.8 Å². The van der Waals surface area contributed by atoms with Gasteiger partial charge in [-0.3, -0.25) is 0 Å². The van der Waals surface area contributed by atoms with Crippen LogP contribution in [0.5, 0.6) is 0 Å². The SMILES string of the molecule is CC(C)C#Cc1cc(F)cc(C(C)C)c1. The van der Waals surface area contributed by atoms with Gasteiger partial charge in [0.1, 0.15) is 5.82 Å². The first kappa shape index (κ1) is 11.8. The number of rotatable bonds is 1. The van der Waals surface area contributed by atoms with Crippen LogP contribution in [0.2, 0.25) is 0 Å². The molecule has 80 valence electrons. The minimum atomic E-state index is -0.200. The predicted molar refractivity (Wildman–Crippen MR) is 62.2 cm³/mol. The van der Waals surface area contributed by atoms with E-state index in [1.54, 1.807) is 6.07 Å². The van der Waals surface area contributed by atoms with Gasteiger partial charge in [0.25, 0.3) is 0 Å². The van der Waals surface area contributed by atoms with E-state index in [9.17, 15) is 4.39 Å². The molecule has 0 nitrogen and oxygen atoms in total. The second-order valence-corrected chi connectivity index (χ2v) is 4.35. The summed E-state index contributed by atoms with van der Waals surface area (Å²) < 4.78 is 13.2. The highest BCUT2D eigenvalue weighted by Crippen LogP contribution is 2.17. The normalized spacial score (nSPS) is 10.3. The summed E-state index contributed by atoms with van der Waals surface area (Å²) in [5, 5.41) is 0. The lowest BCUT2D eigenvalue weighted by Crippen LogP contribution is -1.91. The molecule has 0 aliphatic heterocycles. The lowest BCUT2D eigenvalue weighted by Gasteiger charge is -2.05. The minimum Gasteiger partial charge on any atom is -0.207 e. The van der Waals surface area contributed by atoms with Crippen LogP contribution in [0.1, 0.15) is 44.7 Å². The summed E-state index contributed by atoms with van der Waals surface area (Å²) in [6, 6.07) is 5.02. The summed E-state index contributed by atoms with van der Waals surface area (Å²) in [5.41, 5.74) is 1.77. The molecule has 15 heavy (non-hydrogen) atoms. The average molecular weight is 204 g/mol. The van der Waals surface area contributed by atoms with Crippen LogP contribution in [-0.2, 0) is 0 Å². The van der Waals surface area contributed by atoms with Crippen LogP contribution in [0.25, 0.3) is 0 Å². The first-order valence-corrected chi connectivity index (χ1v) is 5.31. The van der Waals surface area contributed by atoms with Crippen molar-refractivity contribution in [2.24, 2.45) is 5.92 Å². The lowest BCUT2D eigenvalue weighted by molar-refractivity contribution is 0.623. The molecule has 0 atom stereocenters. The molecule has 0 N–H and O–H groups in total. The van der Waals surface area contributed by atoms with Gasteiger partial charge in [0.05, 0.1) is 0 Å². The fourth-order valence-electron chi connectivity index (χ4n) is 1.25. The fraction of sp³-hybridized carbons (Fsp3) is 0.429. The van der Waals surface area contributed by atoms with E-state index >= 15 is 0 Å². The number of hydrogen-bond donors (Lipinski definition) is 0. The van der Waals surface area contributed by atoms with E-state index in [2.05, 4.69) is 25.7 Å². The zero-order chi connectivity index (χ0) is 11.4. The second-order valence-electron chi connectivity index (χ2n) is 4.35. The molecule has 0 aliphatic rings. The second kappa shape index (κ2) is 4.98. The molecule has 0 aromatic heterocycles. The van der Waals surface area contributed by atoms with Gasteiger partial charge < -0.3 is 0 Å². The topological polar surface area (TPSA) is 0 Å². The molecule has 0 aliphatic carbocycles. The van der Waals surface area contributed by atoms with Gasteiger partial charge >= 0.3 is 0 Å². The van der Waals surface area contributed by atoms with Crippen LogP contribution in [0.3, 0.4) is 0 Å². The highest BCUT2D eigenvalue weighted by molar-refractivity contribution is 5.38. The van der Waals surface area contributed by atoms with E-state index in [1.807, 2.05) is 19.9 Å². The number of hydrogen-bond acceptors (Lipinski definition) is 0. The molecule has 0 amide bonds. The molecule has 0 bridgehead atoms. The zero-order valence-electron chi connectivity index (χ0n) is 9.76. The van der Waals surface area contributed by atoms with Crippen LogP contribution < -0.4 is 0 Å². The van der Waals surface area contributed by atoms with E-state index in [1.165, 1.54) is 6.07 Å². The van der Waals surface area contributed by atoms with Gasteiger partial charge in [-0.15, -0.1) is 0 Å². The van der Waals surface area contributed by atoms with Crippen molar-refractivity contribution in [1.82, 2.24) is 0 Å². The Balaban J connectivity index is 3.06. The van der Waals surface area contributed by atoms with Gasteiger partial charge in [-0.05, 0) is 29.7 Å². The van der Waals surface area contributed by atoms with E-state index in [4.69, 9.17) is 0 Å². The Morgan fingerprint density at radius 3 is 2.27 bits per heavy atom. The average Bonchev–Trinajstić information content (AvgIpc) is 2.13. The van der Waals surface area contributed by atoms with Crippen molar-refractivity contribution in [2.75, 3.05) is 0 Å². The summed E-state index contributed by atoms with van der Waals surface area (Å²) in [4.78, 5) is 0. The maximum absolute atomic E-state index is 13.2. The molecule has 1 aromatic carbocycles. The zero-order valence-corrected chi connectivity index (χ0v) is 9.76. The maximum Gasteiger partial charge on any atom is 0.124 e. The van der Waals surface area contributed by atoms with Crippen molar-refractivity contribution in [3.63, 3.8) is 0 Å². The van der Waals surface area contributed by atoms with Crippen LogP contribution in [-0.4, -0.2) is 0 Å². The standard InChI is InChI=1S/C14H17F/c1-10(2)5-6-12-7-13(11(3)4)9-14(15)8-12/h7-11H,1-4H3. The third-order valence-electron chi connectivity index (χ3n) is 2.09. The Kier molecular flexibility index (Phi) is 3.91. The van der Waals surface area contributed by atoms with E-state index in [0.29, 0.717) is 11.8 Å². The summed E-state index contributed by atoms with van der Waals surface area (Å²) >= 11 is 0. The van der Waals surface area contributed by atoms with E-state index in [0.717, 1.165) is 11.1 Å². The predicted octanol–water partition coefficient (Wildman–Crippen LogP) is 3.96. The van der Waals surface area contributed by atoms with Gasteiger partial charge in [0.15, 0.2) is 0 Å². The van der Waals surface area contributed by atoms with Crippen molar-refractivity contribution >= 4 is 0 Å². The molecule has 0 radical (unpaired) electrons. The summed E-state index contributed by atoms with van der Waals surface area (Å²) in [6.07, 6.45) is 0. The summed E-state index contributed by atoms with van der Waals surface area (Å²) in [7, 11) is 0. The molecule has 1 heteroatoms. The molecule has 0 heterocycles. The van der Waals surface area contributed by atoms with E-state index in [-0.39, 0.29) is 5.82 Å². The summed E-state index contributed by atoms with van der Waals surface area (Å²) in [5.74, 6) is 6.48. The molecule has 0 unspecified atom stereocenters. The van der Waals surface area contributed by atoms with Gasteiger partial charge in [-0.25, -0.2) is 4.39 Å². The van der Waals surface area contributed by atoms with Crippen molar-refractivity contribution in [1.29, 1.82) is 0 Å². The third kappa shape index (κ3) is 3.75. The van der Waals surface area contributed by atoms with Gasteiger partial charge in [0, 0.05) is 11.5 Å². The van der Waals surface area contributed by atoms with E-state index < -0.39 is 0 Å². The Hall–Kier alpha value is -1.29. The van der Waals surface area contributed by atoms with Crippen molar-refractivity contribution in [2.45, 2.75) is 33.6 Å². The Morgan fingerprint density at radius 1 is 1.07 bits per heavy atom. The number of halogens is 1. The molecule has 0 saturated carbocycles. The van der Waals surface area contributed by atoms with Gasteiger partial charge in [-0.2, -0.15) is 0 Å². The lowest BCUT2D eigenvalue weighted by atomic mass is 10.0. The Bertz CT molecular complexity index is 392. The Morgan fingerprint density at radius 2 is 1.73 bits per heavy atom. The molecular weight excluding hydrogens is 187 g/mol. The summed E-state index contributed by atoms with van der Waals surface area (Å²) in [6.45, 7) is 8.15. The van der Waals surface area contributed by atoms with Gasteiger partial charge in [-0.1, -0.05) is 39.5 Å². The first-order chi connectivity index (χ1) is 6.99. The highest BCUT2D eigenvalue weighted by Gasteiger charge is 2.02. The first-order valence-electron chi connectivity index (χ1n) is 5.31.